The Labute approximate surface area is 121 Å². The van der Waals surface area contributed by atoms with Crippen LogP contribution in [0.1, 0.15) is 36.0 Å². The molecular formula is C15H15N3OS. The lowest BCUT2D eigenvalue weighted by Gasteiger charge is -2.23. The summed E-state index contributed by atoms with van der Waals surface area (Å²) in [6.45, 7) is 0. The second kappa shape index (κ2) is 5.59. The van der Waals surface area contributed by atoms with Crippen LogP contribution in [-0.4, -0.2) is 20.7 Å². The molecule has 3 rings (SSSR count). The first-order chi connectivity index (χ1) is 9.79. The highest BCUT2D eigenvalue weighted by Gasteiger charge is 2.35. The van der Waals surface area contributed by atoms with Gasteiger partial charge in [-0.2, -0.15) is 5.26 Å². The monoisotopic (exact) mass is 285 g/mol. The van der Waals surface area contributed by atoms with Gasteiger partial charge in [-0.1, -0.05) is 6.42 Å². The highest BCUT2D eigenvalue weighted by Crippen LogP contribution is 2.33. The van der Waals surface area contributed by atoms with Crippen molar-refractivity contribution in [2.45, 2.75) is 25.7 Å². The summed E-state index contributed by atoms with van der Waals surface area (Å²) < 4.78 is 0. The molecule has 1 N–H and O–H groups in total. The molecule has 1 fully saturated rings. The number of pyridine rings is 1. The van der Waals surface area contributed by atoms with Gasteiger partial charge in [0, 0.05) is 18.3 Å². The van der Waals surface area contributed by atoms with Gasteiger partial charge >= 0.3 is 0 Å². The molecule has 1 aliphatic heterocycles. The SMILES string of the molecule is N#C[C@H]1C(NC(=O)c2cccnc2)=S=C2CCCCC21. The van der Waals surface area contributed by atoms with Gasteiger partial charge in [-0.25, -0.2) is 0 Å². The molecule has 5 heteroatoms. The molecule has 102 valence electrons. The zero-order valence-corrected chi connectivity index (χ0v) is 11.8. The van der Waals surface area contributed by atoms with Crippen LogP contribution in [0.15, 0.2) is 24.5 Å². The summed E-state index contributed by atoms with van der Waals surface area (Å²) in [4.78, 5) is 18.3. The first kappa shape index (κ1) is 13.1. The molecule has 1 aliphatic carbocycles. The lowest BCUT2D eigenvalue weighted by atomic mass is 9.80. The van der Waals surface area contributed by atoms with Crippen LogP contribution in [0.2, 0.25) is 0 Å². The maximum Gasteiger partial charge on any atom is 0.257 e. The molecule has 20 heavy (non-hydrogen) atoms. The number of amides is 1. The zero-order chi connectivity index (χ0) is 13.9. The topological polar surface area (TPSA) is 65.8 Å². The van der Waals surface area contributed by atoms with E-state index in [4.69, 9.17) is 0 Å². The Morgan fingerprint density at radius 1 is 1.50 bits per heavy atom. The van der Waals surface area contributed by atoms with E-state index in [1.807, 2.05) is 0 Å². The molecule has 2 heterocycles. The summed E-state index contributed by atoms with van der Waals surface area (Å²) in [5.74, 6) is -0.0426. The predicted octanol–water partition coefficient (Wildman–Crippen LogP) is 2.19. The Kier molecular flexibility index (Phi) is 3.66. The fourth-order valence-corrected chi connectivity index (χ4v) is 4.23. The minimum Gasteiger partial charge on any atom is -0.316 e. The van der Waals surface area contributed by atoms with Gasteiger partial charge in [-0.3, -0.25) is 9.78 Å². The first-order valence-corrected chi connectivity index (χ1v) is 7.62. The summed E-state index contributed by atoms with van der Waals surface area (Å²) in [6.07, 6.45) is 7.68. The second-order valence-electron chi connectivity index (χ2n) is 5.09. The van der Waals surface area contributed by atoms with Gasteiger partial charge in [0.25, 0.3) is 5.91 Å². The van der Waals surface area contributed by atoms with Crippen LogP contribution in [0.3, 0.4) is 0 Å². The number of carbonyl (C=O) groups excluding carboxylic acids is 1. The molecule has 0 bridgehead atoms. The largest absolute Gasteiger partial charge is 0.316 e. The van der Waals surface area contributed by atoms with Crippen LogP contribution in [0.4, 0.5) is 0 Å². The summed E-state index contributed by atoms with van der Waals surface area (Å²) in [5.41, 5.74) is 0.525. The molecule has 1 amide bonds. The fraction of sp³-hybridized carbons (Fsp3) is 0.400. The maximum absolute atomic E-state index is 12.2. The van der Waals surface area contributed by atoms with Crippen molar-refractivity contribution in [2.75, 3.05) is 0 Å². The summed E-state index contributed by atoms with van der Waals surface area (Å²) in [6, 6.07) is 5.82. The molecule has 1 aromatic heterocycles. The van der Waals surface area contributed by atoms with E-state index in [2.05, 4.69) is 16.4 Å². The molecule has 1 aromatic rings. The van der Waals surface area contributed by atoms with E-state index in [1.54, 1.807) is 29.3 Å². The number of nitrogens with zero attached hydrogens (tertiary/aromatic N) is 2. The quantitative estimate of drug-likeness (QED) is 0.804. The van der Waals surface area contributed by atoms with Crippen LogP contribution >= 0.6 is 10.9 Å². The number of rotatable bonds is 1. The lowest BCUT2D eigenvalue weighted by molar-refractivity contribution is 0.0976. The minimum atomic E-state index is -0.184. The lowest BCUT2D eigenvalue weighted by Crippen LogP contribution is -2.36. The third-order valence-electron chi connectivity index (χ3n) is 3.83. The van der Waals surface area contributed by atoms with Gasteiger partial charge in [0.05, 0.1) is 16.6 Å². The number of carbonyl (C=O) groups is 1. The summed E-state index contributed by atoms with van der Waals surface area (Å²) in [5, 5.41) is 12.3. The van der Waals surface area contributed by atoms with E-state index in [0.717, 1.165) is 17.8 Å². The number of hydrogen-bond donors (Lipinski definition) is 1. The Balaban J connectivity index is 1.82. The number of aromatic nitrogens is 1. The number of hydrogen-bond acceptors (Lipinski definition) is 3. The van der Waals surface area contributed by atoms with Crippen molar-refractivity contribution in [1.29, 1.82) is 5.26 Å². The third-order valence-corrected chi connectivity index (χ3v) is 5.17. The van der Waals surface area contributed by atoms with Crippen LogP contribution in [0, 0.1) is 23.2 Å². The Morgan fingerprint density at radius 2 is 2.40 bits per heavy atom. The molecule has 0 aromatic carbocycles. The number of nitrogens with one attached hydrogen (secondary N) is 1. The number of fused-ring (bicyclic) bond motifs is 1. The molecule has 1 unspecified atom stereocenters. The average Bonchev–Trinajstić information content (AvgIpc) is 2.85. The Bertz CT molecular complexity index is 641. The van der Waals surface area contributed by atoms with Crippen molar-refractivity contribution in [3.8, 4) is 6.07 Å². The smallest absolute Gasteiger partial charge is 0.257 e. The summed E-state index contributed by atoms with van der Waals surface area (Å²) >= 11 is 0. The highest BCUT2D eigenvalue weighted by molar-refractivity contribution is 7.98. The molecule has 2 aliphatic rings. The minimum absolute atomic E-state index is 0.180. The molecular weight excluding hydrogens is 270 g/mol. The third kappa shape index (κ3) is 2.39. The van der Waals surface area contributed by atoms with E-state index in [0.29, 0.717) is 11.5 Å². The van der Waals surface area contributed by atoms with Crippen molar-refractivity contribution < 1.29 is 4.79 Å². The molecule has 0 spiro atoms. The van der Waals surface area contributed by atoms with Crippen LogP contribution < -0.4 is 5.32 Å². The van der Waals surface area contributed by atoms with E-state index in [1.165, 1.54) is 23.9 Å². The highest BCUT2D eigenvalue weighted by atomic mass is 32.1. The second-order valence-corrected chi connectivity index (χ2v) is 6.26. The van der Waals surface area contributed by atoms with E-state index in [9.17, 15) is 10.1 Å². The van der Waals surface area contributed by atoms with Crippen LogP contribution in [-0.2, 0) is 0 Å². The number of nitriles is 1. The van der Waals surface area contributed by atoms with Gasteiger partial charge in [0.1, 0.15) is 5.92 Å². The van der Waals surface area contributed by atoms with Gasteiger partial charge in [-0.15, -0.1) is 10.9 Å². The molecule has 0 saturated heterocycles. The van der Waals surface area contributed by atoms with Crippen molar-refractivity contribution >= 4 is 26.7 Å². The molecule has 4 nitrogen and oxygen atoms in total. The van der Waals surface area contributed by atoms with Crippen molar-refractivity contribution in [3.05, 3.63) is 30.1 Å². The van der Waals surface area contributed by atoms with Crippen molar-refractivity contribution in [1.82, 2.24) is 10.3 Å². The van der Waals surface area contributed by atoms with Crippen LogP contribution in [0.25, 0.3) is 0 Å². The van der Waals surface area contributed by atoms with E-state index >= 15 is 0 Å². The van der Waals surface area contributed by atoms with Gasteiger partial charge in [-0.05, 0) is 36.3 Å². The average molecular weight is 285 g/mol. The van der Waals surface area contributed by atoms with Gasteiger partial charge < -0.3 is 5.32 Å². The van der Waals surface area contributed by atoms with Gasteiger partial charge in [0.15, 0.2) is 0 Å². The normalized spacial score (nSPS) is 24.6. The maximum atomic E-state index is 12.2. The zero-order valence-electron chi connectivity index (χ0n) is 11.0. The Hall–Kier alpha value is -1.93. The molecule has 1 saturated carbocycles. The summed E-state index contributed by atoms with van der Waals surface area (Å²) in [7, 11) is 1.61. The van der Waals surface area contributed by atoms with Crippen molar-refractivity contribution in [2.24, 2.45) is 11.8 Å². The van der Waals surface area contributed by atoms with E-state index in [-0.39, 0.29) is 11.8 Å². The van der Waals surface area contributed by atoms with E-state index < -0.39 is 0 Å². The van der Waals surface area contributed by atoms with Crippen LogP contribution in [0.5, 0.6) is 0 Å². The van der Waals surface area contributed by atoms with Gasteiger partial charge in [0.2, 0.25) is 0 Å². The standard InChI is InChI=1S/C15H15N3OS/c16-8-12-11-5-1-2-6-13(11)20-15(12)18-14(19)10-4-3-7-17-9-10/h3-4,7,9,11-12H,1-2,5-6H2,(H,18,19)/t11?,12-/m1/s1. The molecule has 0 radical (unpaired) electrons. The Morgan fingerprint density at radius 3 is 3.15 bits per heavy atom. The fourth-order valence-electron chi connectivity index (χ4n) is 2.81. The van der Waals surface area contributed by atoms with Crippen molar-refractivity contribution in [3.63, 3.8) is 0 Å². The first-order valence-electron chi connectivity index (χ1n) is 6.81. The molecule has 2 atom stereocenters. The predicted molar refractivity (Wildman–Crippen MR) is 80.4 cm³/mol.